The van der Waals surface area contributed by atoms with E-state index in [0.717, 1.165) is 0 Å². The van der Waals surface area contributed by atoms with Gasteiger partial charge in [-0.05, 0) is 36.4 Å². The number of halogens is 4. The second kappa shape index (κ2) is 8.96. The topological polar surface area (TPSA) is 38.7 Å². The van der Waals surface area contributed by atoms with Crippen LogP contribution in [0.2, 0.25) is 0 Å². The Bertz CT molecular complexity index is 594. The predicted octanol–water partition coefficient (Wildman–Crippen LogP) is 4.86. The minimum Gasteiger partial charge on any atom is -0.505 e. The summed E-state index contributed by atoms with van der Waals surface area (Å²) in [5.74, 6) is -1.14. The molecule has 0 heterocycles. The number of hydrogen-bond donors (Lipinski definition) is 1. The van der Waals surface area contributed by atoms with E-state index in [1.54, 1.807) is 18.2 Å². The van der Waals surface area contributed by atoms with Crippen molar-refractivity contribution < 1.29 is 23.4 Å². The largest absolute Gasteiger partial charge is 0.505 e. The van der Waals surface area contributed by atoms with Crippen molar-refractivity contribution in [1.82, 2.24) is 0 Å². The molecule has 0 spiro atoms. The number of aromatic hydroxyl groups is 1. The Morgan fingerprint density at radius 2 is 1.57 bits per heavy atom. The average molecular weight is 426 g/mol. The Morgan fingerprint density at radius 3 is 2.05 bits per heavy atom. The van der Waals surface area contributed by atoms with Crippen LogP contribution in [0.5, 0.6) is 11.5 Å². The fourth-order valence-corrected chi connectivity index (χ4v) is 1.86. The maximum absolute atomic E-state index is 13.0. The molecule has 0 radical (unpaired) electrons. The van der Waals surface area contributed by atoms with Gasteiger partial charge in [0.1, 0.15) is 0 Å². The van der Waals surface area contributed by atoms with Gasteiger partial charge in [0.25, 0.3) is 0 Å². The number of ether oxygens (including phenoxy) is 2. The number of benzene rings is 2. The molecule has 7 heteroatoms. The first-order valence-corrected chi connectivity index (χ1v) is 7.23. The van der Waals surface area contributed by atoms with E-state index < -0.39 is 11.6 Å². The van der Waals surface area contributed by atoms with Crippen LogP contribution in [0, 0.1) is 11.6 Å². The van der Waals surface area contributed by atoms with Gasteiger partial charge in [0, 0.05) is 16.1 Å². The molecule has 0 unspecified atom stereocenters. The summed E-state index contributed by atoms with van der Waals surface area (Å²) < 4.78 is 36.1. The molecule has 0 atom stereocenters. The van der Waals surface area contributed by atoms with E-state index in [-0.39, 0.29) is 18.3 Å². The Morgan fingerprint density at radius 1 is 1.00 bits per heavy atom. The highest BCUT2D eigenvalue weighted by atomic mass is 79.9. The molecule has 0 saturated heterocycles. The molecule has 0 aliphatic heterocycles. The number of hydrogen-bond acceptors (Lipinski definition) is 3. The first-order valence-electron chi connectivity index (χ1n) is 5.65. The molecule has 3 nitrogen and oxygen atoms in total. The van der Waals surface area contributed by atoms with Gasteiger partial charge in [-0.1, -0.05) is 31.9 Å². The van der Waals surface area contributed by atoms with Crippen LogP contribution in [-0.4, -0.2) is 19.0 Å². The molecule has 0 aliphatic rings. The van der Waals surface area contributed by atoms with E-state index in [9.17, 15) is 8.78 Å². The highest BCUT2D eigenvalue weighted by Gasteiger charge is 2.02. The van der Waals surface area contributed by atoms with Gasteiger partial charge in [0.2, 0.25) is 0 Å². The fourth-order valence-electron chi connectivity index (χ4n) is 1.20. The van der Waals surface area contributed by atoms with Gasteiger partial charge < -0.3 is 14.6 Å². The van der Waals surface area contributed by atoms with Gasteiger partial charge >= 0.3 is 0 Å². The summed E-state index contributed by atoms with van der Waals surface area (Å²) in [4.78, 5) is 0. The van der Waals surface area contributed by atoms with Crippen molar-refractivity contribution in [3.8, 4) is 11.5 Å². The number of methoxy groups -OCH3 is 1. The van der Waals surface area contributed by atoms with E-state index in [1.807, 2.05) is 0 Å². The van der Waals surface area contributed by atoms with Crippen LogP contribution in [-0.2, 0) is 4.74 Å². The van der Waals surface area contributed by atoms with Crippen LogP contribution in [0.15, 0.2) is 45.3 Å². The highest BCUT2D eigenvalue weighted by molar-refractivity contribution is 9.10. The minimum absolute atomic E-state index is 0.0541. The quantitative estimate of drug-likeness (QED) is 0.713. The predicted molar refractivity (Wildman–Crippen MR) is 82.4 cm³/mol. The van der Waals surface area contributed by atoms with Gasteiger partial charge in [-0.3, -0.25) is 0 Å². The third kappa shape index (κ3) is 6.41. The SMILES string of the molecule is COCOc1ccc(Br)cc1F.Oc1ccc(Br)cc1F. The molecule has 0 aliphatic carbocycles. The molecule has 2 rings (SSSR count). The maximum atomic E-state index is 13.0. The number of rotatable bonds is 3. The summed E-state index contributed by atoms with van der Waals surface area (Å²) in [5, 5.41) is 8.65. The van der Waals surface area contributed by atoms with Gasteiger partial charge in [-0.25, -0.2) is 8.78 Å². The van der Waals surface area contributed by atoms with Crippen molar-refractivity contribution in [3.05, 3.63) is 57.0 Å². The Kier molecular flexibility index (Phi) is 7.63. The lowest BCUT2D eigenvalue weighted by Crippen LogP contribution is -2.00. The lowest BCUT2D eigenvalue weighted by Gasteiger charge is -2.04. The molecule has 2 aromatic rings. The fraction of sp³-hybridized carbons (Fsp3) is 0.143. The van der Waals surface area contributed by atoms with E-state index in [4.69, 9.17) is 9.84 Å². The van der Waals surface area contributed by atoms with Crippen molar-refractivity contribution in [2.75, 3.05) is 13.9 Å². The Hall–Kier alpha value is -1.18. The molecule has 21 heavy (non-hydrogen) atoms. The zero-order chi connectivity index (χ0) is 15.8. The molecule has 2 aromatic carbocycles. The third-order valence-corrected chi connectivity index (χ3v) is 3.12. The molecule has 114 valence electrons. The Balaban J connectivity index is 0.000000219. The lowest BCUT2D eigenvalue weighted by atomic mass is 10.3. The van der Waals surface area contributed by atoms with Crippen LogP contribution >= 0.6 is 31.9 Å². The van der Waals surface area contributed by atoms with E-state index in [1.165, 1.54) is 25.3 Å². The van der Waals surface area contributed by atoms with Crippen molar-refractivity contribution in [1.29, 1.82) is 0 Å². The van der Waals surface area contributed by atoms with E-state index in [2.05, 4.69) is 36.6 Å². The van der Waals surface area contributed by atoms with Crippen molar-refractivity contribution in [3.63, 3.8) is 0 Å². The number of phenolic OH excluding ortho intramolecular Hbond substituents is 1. The summed E-state index contributed by atoms with van der Waals surface area (Å²) in [7, 11) is 1.48. The first-order chi connectivity index (χ1) is 9.93. The van der Waals surface area contributed by atoms with Crippen LogP contribution < -0.4 is 4.74 Å². The zero-order valence-corrected chi connectivity index (χ0v) is 14.1. The zero-order valence-electron chi connectivity index (χ0n) is 10.9. The average Bonchev–Trinajstić information content (AvgIpc) is 2.43. The molecule has 0 aromatic heterocycles. The van der Waals surface area contributed by atoms with E-state index >= 15 is 0 Å². The van der Waals surface area contributed by atoms with E-state index in [0.29, 0.717) is 8.95 Å². The molecule has 0 fully saturated rings. The molecule has 0 amide bonds. The normalized spacial score (nSPS) is 9.76. The maximum Gasteiger partial charge on any atom is 0.188 e. The number of phenols is 1. The molecule has 0 bridgehead atoms. The van der Waals surface area contributed by atoms with Crippen LogP contribution in [0.1, 0.15) is 0 Å². The second-order valence-electron chi connectivity index (χ2n) is 3.72. The van der Waals surface area contributed by atoms with Crippen LogP contribution in [0.4, 0.5) is 8.78 Å². The molecule has 1 N–H and O–H groups in total. The third-order valence-electron chi connectivity index (χ3n) is 2.14. The van der Waals surface area contributed by atoms with Crippen LogP contribution in [0.3, 0.4) is 0 Å². The monoisotopic (exact) mass is 424 g/mol. The minimum atomic E-state index is -0.607. The lowest BCUT2D eigenvalue weighted by molar-refractivity contribution is 0.0483. The molecular weight excluding hydrogens is 414 g/mol. The molecule has 0 saturated carbocycles. The molecular formula is C14H12Br2F2O3. The summed E-state index contributed by atoms with van der Waals surface area (Å²) in [6.07, 6.45) is 0. The summed E-state index contributed by atoms with van der Waals surface area (Å²) in [6.45, 7) is 0.0541. The van der Waals surface area contributed by atoms with Gasteiger partial charge in [0.15, 0.2) is 29.9 Å². The highest BCUT2D eigenvalue weighted by Crippen LogP contribution is 2.21. The summed E-state index contributed by atoms with van der Waals surface area (Å²) in [6, 6.07) is 8.64. The second-order valence-corrected chi connectivity index (χ2v) is 5.55. The first kappa shape index (κ1) is 17.9. The Labute approximate surface area is 137 Å². The van der Waals surface area contributed by atoms with Crippen molar-refractivity contribution in [2.24, 2.45) is 0 Å². The van der Waals surface area contributed by atoms with Gasteiger partial charge in [-0.2, -0.15) is 0 Å². The van der Waals surface area contributed by atoms with Gasteiger partial charge in [-0.15, -0.1) is 0 Å². The summed E-state index contributed by atoms with van der Waals surface area (Å²) in [5.41, 5.74) is 0. The van der Waals surface area contributed by atoms with Crippen molar-refractivity contribution in [2.45, 2.75) is 0 Å². The van der Waals surface area contributed by atoms with Gasteiger partial charge in [0.05, 0.1) is 0 Å². The van der Waals surface area contributed by atoms with Crippen LogP contribution in [0.25, 0.3) is 0 Å². The standard InChI is InChI=1S/C8H8BrFO2.C6H4BrFO/c1-11-5-12-8-3-2-6(9)4-7(8)10;7-4-1-2-6(9)5(8)3-4/h2-4H,5H2,1H3;1-3,9H. The smallest absolute Gasteiger partial charge is 0.188 e. The summed E-state index contributed by atoms with van der Waals surface area (Å²) >= 11 is 6.18. The van der Waals surface area contributed by atoms with Crippen molar-refractivity contribution >= 4 is 31.9 Å².